The molecule has 1 aromatic heterocycles. The molecule has 6 heteroatoms. The van der Waals surface area contributed by atoms with E-state index in [1.165, 1.54) is 50.1 Å². The molecule has 160 valence electrons. The molecule has 2 aliphatic heterocycles. The van der Waals surface area contributed by atoms with Crippen LogP contribution in [0.4, 0.5) is 17.1 Å². The Balaban J connectivity index is 1.41. The molecule has 0 atom stereocenters. The molecule has 0 unspecified atom stereocenters. The predicted octanol–water partition coefficient (Wildman–Crippen LogP) is 5.72. The first-order valence-corrected chi connectivity index (χ1v) is 12.1. The van der Waals surface area contributed by atoms with E-state index in [1.54, 1.807) is 4.90 Å². The SMILES string of the molecule is Cc1scc2c1N(C(=O)CCCCCN1CCCCCC1)c1ccccc1NC2=O. The minimum Gasteiger partial charge on any atom is -0.320 e. The van der Waals surface area contributed by atoms with Crippen LogP contribution < -0.4 is 10.2 Å². The fourth-order valence-electron chi connectivity index (χ4n) is 4.49. The largest absolute Gasteiger partial charge is 0.320 e. The Labute approximate surface area is 183 Å². The normalized spacial score (nSPS) is 17.0. The van der Waals surface area contributed by atoms with Crippen LogP contribution in [0.2, 0.25) is 0 Å². The van der Waals surface area contributed by atoms with Crippen LogP contribution >= 0.6 is 11.3 Å². The van der Waals surface area contributed by atoms with E-state index in [1.807, 2.05) is 36.6 Å². The van der Waals surface area contributed by atoms with E-state index >= 15 is 0 Å². The summed E-state index contributed by atoms with van der Waals surface area (Å²) in [5.74, 6) is -0.0778. The zero-order chi connectivity index (χ0) is 20.9. The summed E-state index contributed by atoms with van der Waals surface area (Å²) in [6.07, 6.45) is 8.96. The van der Waals surface area contributed by atoms with Gasteiger partial charge in [0.25, 0.3) is 5.91 Å². The van der Waals surface area contributed by atoms with E-state index in [0.717, 1.165) is 42.1 Å². The minimum absolute atomic E-state index is 0.0662. The maximum atomic E-state index is 13.3. The molecular formula is C24H31N3O2S. The molecular weight excluding hydrogens is 394 g/mol. The number of likely N-dealkylation sites (tertiary alicyclic amines) is 1. The zero-order valence-corrected chi connectivity index (χ0v) is 18.6. The van der Waals surface area contributed by atoms with Gasteiger partial charge in [-0.3, -0.25) is 14.5 Å². The number of nitrogens with one attached hydrogen (secondary N) is 1. The average molecular weight is 426 g/mol. The van der Waals surface area contributed by atoms with E-state index in [-0.39, 0.29) is 11.8 Å². The summed E-state index contributed by atoms with van der Waals surface area (Å²) in [5.41, 5.74) is 2.79. The Morgan fingerprint density at radius 2 is 1.83 bits per heavy atom. The lowest BCUT2D eigenvalue weighted by Crippen LogP contribution is -2.27. The number of hydrogen-bond donors (Lipinski definition) is 1. The Kier molecular flexibility index (Phi) is 6.85. The molecule has 1 N–H and O–H groups in total. The number of fused-ring (bicyclic) bond motifs is 2. The Morgan fingerprint density at radius 3 is 2.63 bits per heavy atom. The summed E-state index contributed by atoms with van der Waals surface area (Å²) in [4.78, 5) is 31.3. The van der Waals surface area contributed by atoms with Gasteiger partial charge in [-0.2, -0.15) is 0 Å². The summed E-state index contributed by atoms with van der Waals surface area (Å²) in [6.45, 7) is 5.58. The van der Waals surface area contributed by atoms with Gasteiger partial charge in [-0.05, 0) is 64.4 Å². The topological polar surface area (TPSA) is 52.7 Å². The second-order valence-corrected chi connectivity index (χ2v) is 9.40. The van der Waals surface area contributed by atoms with Crippen LogP contribution in [-0.4, -0.2) is 36.3 Å². The highest BCUT2D eigenvalue weighted by Crippen LogP contribution is 2.42. The Hall–Kier alpha value is -2.18. The number of thiophene rings is 1. The number of amides is 2. The molecule has 0 bridgehead atoms. The van der Waals surface area contributed by atoms with Gasteiger partial charge >= 0.3 is 0 Å². The fraction of sp³-hybridized carbons (Fsp3) is 0.500. The standard InChI is InChI=1S/C24H31N3O2S/c1-18-23-19(17-30-18)24(29)25-20-11-6-7-12-21(20)27(23)22(28)13-5-4-10-16-26-14-8-2-3-9-15-26/h6-7,11-12,17H,2-5,8-10,13-16H2,1H3,(H,25,29). The van der Waals surface area contributed by atoms with Gasteiger partial charge in [-0.25, -0.2) is 0 Å². The minimum atomic E-state index is -0.144. The summed E-state index contributed by atoms with van der Waals surface area (Å²) in [6, 6.07) is 7.58. The molecule has 1 saturated heterocycles. The number of rotatable bonds is 6. The third-order valence-corrected chi connectivity index (χ3v) is 7.02. The first-order chi connectivity index (χ1) is 14.6. The van der Waals surface area contributed by atoms with Crippen molar-refractivity contribution in [1.82, 2.24) is 4.90 Å². The van der Waals surface area contributed by atoms with Gasteiger partial charge in [0.05, 0.1) is 22.6 Å². The monoisotopic (exact) mass is 425 g/mol. The molecule has 1 aromatic carbocycles. The summed E-state index contributed by atoms with van der Waals surface area (Å²) in [7, 11) is 0. The third kappa shape index (κ3) is 4.60. The van der Waals surface area contributed by atoms with Crippen molar-refractivity contribution in [2.75, 3.05) is 29.9 Å². The number of anilines is 3. The first-order valence-electron chi connectivity index (χ1n) is 11.2. The van der Waals surface area contributed by atoms with Crippen molar-refractivity contribution in [2.45, 2.75) is 58.3 Å². The van der Waals surface area contributed by atoms with Crippen LogP contribution in [0, 0.1) is 6.92 Å². The van der Waals surface area contributed by atoms with Gasteiger partial charge < -0.3 is 10.2 Å². The van der Waals surface area contributed by atoms with Gasteiger partial charge in [0.2, 0.25) is 5.91 Å². The van der Waals surface area contributed by atoms with Crippen LogP contribution in [-0.2, 0) is 4.79 Å². The molecule has 2 aromatic rings. The lowest BCUT2D eigenvalue weighted by Gasteiger charge is -2.24. The highest BCUT2D eigenvalue weighted by molar-refractivity contribution is 7.11. The van der Waals surface area contributed by atoms with Gasteiger partial charge in [0.1, 0.15) is 0 Å². The molecule has 4 rings (SSSR count). The highest BCUT2D eigenvalue weighted by Gasteiger charge is 2.31. The van der Waals surface area contributed by atoms with Gasteiger partial charge in [0.15, 0.2) is 0 Å². The smallest absolute Gasteiger partial charge is 0.258 e. The van der Waals surface area contributed by atoms with Crippen molar-refractivity contribution in [3.8, 4) is 0 Å². The number of nitrogens with zero attached hydrogens (tertiary/aromatic N) is 2. The molecule has 30 heavy (non-hydrogen) atoms. The molecule has 1 fully saturated rings. The quantitative estimate of drug-likeness (QED) is 0.602. The molecule has 2 amide bonds. The maximum Gasteiger partial charge on any atom is 0.258 e. The number of unbranched alkanes of at least 4 members (excludes halogenated alkanes) is 2. The second kappa shape index (κ2) is 9.75. The lowest BCUT2D eigenvalue weighted by molar-refractivity contribution is -0.118. The number of hydrogen-bond acceptors (Lipinski definition) is 4. The van der Waals surface area contributed by atoms with Crippen molar-refractivity contribution in [2.24, 2.45) is 0 Å². The second-order valence-electron chi connectivity index (χ2n) is 8.32. The van der Waals surface area contributed by atoms with Crippen LogP contribution in [0.25, 0.3) is 0 Å². The molecule has 0 radical (unpaired) electrons. The van der Waals surface area contributed by atoms with E-state index in [4.69, 9.17) is 0 Å². The van der Waals surface area contributed by atoms with E-state index < -0.39 is 0 Å². The molecule has 3 heterocycles. The van der Waals surface area contributed by atoms with Crippen LogP contribution in [0.15, 0.2) is 29.6 Å². The Bertz CT molecular complexity index is 900. The van der Waals surface area contributed by atoms with Crippen molar-refractivity contribution >= 4 is 40.2 Å². The maximum absolute atomic E-state index is 13.3. The van der Waals surface area contributed by atoms with E-state index in [2.05, 4.69) is 10.2 Å². The van der Waals surface area contributed by atoms with Crippen LogP contribution in [0.5, 0.6) is 0 Å². The number of benzene rings is 1. The third-order valence-electron chi connectivity index (χ3n) is 6.12. The number of carbonyl (C=O) groups excluding carboxylic acids is 2. The van der Waals surface area contributed by atoms with Crippen molar-refractivity contribution in [3.05, 3.63) is 40.1 Å². The van der Waals surface area contributed by atoms with Gasteiger partial charge in [-0.1, -0.05) is 31.4 Å². The average Bonchev–Trinajstić information content (AvgIpc) is 2.91. The summed E-state index contributed by atoms with van der Waals surface area (Å²) < 4.78 is 0. The molecule has 0 saturated carbocycles. The van der Waals surface area contributed by atoms with E-state index in [9.17, 15) is 9.59 Å². The fourth-order valence-corrected chi connectivity index (χ4v) is 5.32. The molecule has 0 aliphatic carbocycles. The zero-order valence-electron chi connectivity index (χ0n) is 17.8. The van der Waals surface area contributed by atoms with Gasteiger partial charge in [0, 0.05) is 16.7 Å². The van der Waals surface area contributed by atoms with Crippen LogP contribution in [0.1, 0.15) is 66.6 Å². The molecule has 0 spiro atoms. The number of carbonyl (C=O) groups is 2. The summed E-state index contributed by atoms with van der Waals surface area (Å²) in [5, 5.41) is 4.82. The van der Waals surface area contributed by atoms with Crippen molar-refractivity contribution in [1.29, 1.82) is 0 Å². The van der Waals surface area contributed by atoms with Gasteiger partial charge in [-0.15, -0.1) is 11.3 Å². The van der Waals surface area contributed by atoms with Crippen molar-refractivity contribution < 1.29 is 9.59 Å². The molecule has 5 nitrogen and oxygen atoms in total. The van der Waals surface area contributed by atoms with Crippen LogP contribution in [0.3, 0.4) is 0 Å². The molecule has 2 aliphatic rings. The number of para-hydroxylation sites is 2. The first kappa shape index (κ1) is 21.1. The number of aryl methyl sites for hydroxylation is 1. The Morgan fingerprint density at radius 1 is 1.07 bits per heavy atom. The van der Waals surface area contributed by atoms with E-state index in [0.29, 0.717) is 17.7 Å². The lowest BCUT2D eigenvalue weighted by atomic mass is 10.1. The summed E-state index contributed by atoms with van der Waals surface area (Å²) >= 11 is 1.52. The predicted molar refractivity (Wildman–Crippen MR) is 124 cm³/mol. The van der Waals surface area contributed by atoms with Crippen molar-refractivity contribution in [3.63, 3.8) is 0 Å². The highest BCUT2D eigenvalue weighted by atomic mass is 32.1.